The number of likely N-dealkylation sites (tertiary alicyclic amines) is 1. The summed E-state index contributed by atoms with van der Waals surface area (Å²) in [5.74, 6) is -2.74. The average molecular weight is 495 g/mol. The lowest BCUT2D eigenvalue weighted by Crippen LogP contribution is -2.57. The molecule has 3 saturated heterocycles. The fourth-order valence-electron chi connectivity index (χ4n) is 6.55. The predicted molar refractivity (Wildman–Crippen MR) is 134 cm³/mol. The van der Waals surface area contributed by atoms with Crippen LogP contribution in [0.1, 0.15) is 40.0 Å². The maximum atomic E-state index is 14.0. The molecule has 2 amide bonds. The molecular formula is C28H34N2O6. The zero-order valence-electron chi connectivity index (χ0n) is 21.0. The van der Waals surface area contributed by atoms with Crippen LogP contribution in [0.25, 0.3) is 10.8 Å². The Labute approximate surface area is 210 Å². The third-order valence-corrected chi connectivity index (χ3v) is 8.41. The number of anilines is 1. The number of nitrogens with zero attached hydrogens (tertiary/aromatic N) is 1. The SMILES string of the molecule is CCOC(=O)[C@@H]1[C@H]2C(=O)N([C@@H](CO)[C@@H](C)CC)[C@H](C(=O)Nc3ccc4ccccc4c3)[C@]23CC[C@H]1O3. The third kappa shape index (κ3) is 3.69. The summed E-state index contributed by atoms with van der Waals surface area (Å²) in [5.41, 5.74) is -0.509. The number of fused-ring (bicyclic) bond motifs is 2. The second-order valence-electron chi connectivity index (χ2n) is 10.2. The molecule has 0 aromatic heterocycles. The van der Waals surface area contributed by atoms with Gasteiger partial charge in [-0.1, -0.05) is 50.6 Å². The lowest BCUT2D eigenvalue weighted by Gasteiger charge is -2.38. The number of esters is 1. The molecule has 0 aliphatic carbocycles. The summed E-state index contributed by atoms with van der Waals surface area (Å²) < 4.78 is 11.7. The molecule has 0 radical (unpaired) electrons. The zero-order valence-corrected chi connectivity index (χ0v) is 21.0. The van der Waals surface area contributed by atoms with Crippen LogP contribution >= 0.6 is 0 Å². The minimum Gasteiger partial charge on any atom is -0.466 e. The minimum absolute atomic E-state index is 0.0524. The molecule has 36 heavy (non-hydrogen) atoms. The summed E-state index contributed by atoms with van der Waals surface area (Å²) in [4.78, 5) is 42.4. The molecule has 2 N–H and O–H groups in total. The first kappa shape index (κ1) is 24.7. The van der Waals surface area contributed by atoms with Gasteiger partial charge in [-0.25, -0.2) is 0 Å². The second kappa shape index (κ2) is 9.48. The van der Waals surface area contributed by atoms with E-state index in [2.05, 4.69) is 5.32 Å². The lowest BCUT2D eigenvalue weighted by atomic mass is 9.70. The number of rotatable bonds is 8. The van der Waals surface area contributed by atoms with Crippen molar-refractivity contribution < 1.29 is 29.0 Å². The number of aliphatic hydroxyl groups is 1. The minimum atomic E-state index is -1.12. The normalized spacial score (nSPS) is 30.3. The van der Waals surface area contributed by atoms with E-state index in [0.29, 0.717) is 18.5 Å². The van der Waals surface area contributed by atoms with Crippen molar-refractivity contribution in [3.8, 4) is 0 Å². The van der Waals surface area contributed by atoms with Gasteiger partial charge in [-0.15, -0.1) is 0 Å². The van der Waals surface area contributed by atoms with E-state index in [1.54, 1.807) is 6.92 Å². The molecule has 3 fully saturated rings. The summed E-state index contributed by atoms with van der Waals surface area (Å²) in [6, 6.07) is 12.0. The molecule has 192 valence electrons. The lowest BCUT2D eigenvalue weighted by molar-refractivity contribution is -0.155. The molecule has 5 rings (SSSR count). The van der Waals surface area contributed by atoms with Crippen molar-refractivity contribution in [3.05, 3.63) is 42.5 Å². The Bertz CT molecular complexity index is 1180. The highest BCUT2D eigenvalue weighted by molar-refractivity contribution is 6.04. The molecule has 3 heterocycles. The zero-order chi connectivity index (χ0) is 25.6. The highest BCUT2D eigenvalue weighted by atomic mass is 16.6. The van der Waals surface area contributed by atoms with Gasteiger partial charge < -0.3 is 24.8 Å². The fraction of sp³-hybridized carbons (Fsp3) is 0.536. The van der Waals surface area contributed by atoms with Gasteiger partial charge in [-0.3, -0.25) is 14.4 Å². The quantitative estimate of drug-likeness (QED) is 0.547. The molecule has 0 saturated carbocycles. The average Bonchev–Trinajstić information content (AvgIpc) is 3.52. The number of ether oxygens (including phenoxy) is 2. The molecule has 2 bridgehead atoms. The Hall–Kier alpha value is -2.97. The van der Waals surface area contributed by atoms with E-state index < -0.39 is 41.6 Å². The summed E-state index contributed by atoms with van der Waals surface area (Å²) in [7, 11) is 0. The molecule has 2 aromatic carbocycles. The predicted octanol–water partition coefficient (Wildman–Crippen LogP) is 3.12. The van der Waals surface area contributed by atoms with Crippen molar-refractivity contribution in [3.63, 3.8) is 0 Å². The van der Waals surface area contributed by atoms with Crippen molar-refractivity contribution in [2.24, 2.45) is 17.8 Å². The van der Waals surface area contributed by atoms with E-state index in [1.807, 2.05) is 56.3 Å². The molecular weight excluding hydrogens is 460 g/mol. The van der Waals surface area contributed by atoms with Gasteiger partial charge in [0.25, 0.3) is 0 Å². The number of hydrogen-bond donors (Lipinski definition) is 2. The smallest absolute Gasteiger partial charge is 0.312 e. The van der Waals surface area contributed by atoms with E-state index in [1.165, 1.54) is 4.90 Å². The summed E-state index contributed by atoms with van der Waals surface area (Å²) >= 11 is 0. The molecule has 3 aliphatic heterocycles. The maximum Gasteiger partial charge on any atom is 0.312 e. The van der Waals surface area contributed by atoms with Crippen LogP contribution in [0.2, 0.25) is 0 Å². The molecule has 1 spiro atoms. The number of amides is 2. The summed E-state index contributed by atoms with van der Waals surface area (Å²) in [6.07, 6.45) is 1.34. The van der Waals surface area contributed by atoms with E-state index >= 15 is 0 Å². The van der Waals surface area contributed by atoms with E-state index in [0.717, 1.165) is 17.2 Å². The van der Waals surface area contributed by atoms with Gasteiger partial charge in [0, 0.05) is 5.69 Å². The van der Waals surface area contributed by atoms with Crippen molar-refractivity contribution in [2.75, 3.05) is 18.5 Å². The standard InChI is InChI=1S/C28H34N2O6/c1-4-16(3)20(15-31)30-24(25(32)29-19-11-10-17-8-6-7-9-18(17)14-19)28-13-12-21(36-28)22(23(28)26(30)33)27(34)35-5-2/h6-11,14,16,20-24,31H,4-5,12-13,15H2,1-3H3,(H,29,32)/t16-,20-,21+,22-,23-,24+,28-/m0/s1. The van der Waals surface area contributed by atoms with Crippen LogP contribution in [0.5, 0.6) is 0 Å². The largest absolute Gasteiger partial charge is 0.466 e. The highest BCUT2D eigenvalue weighted by Gasteiger charge is 2.75. The number of nitrogens with one attached hydrogen (secondary N) is 1. The number of carbonyl (C=O) groups is 3. The van der Waals surface area contributed by atoms with Gasteiger partial charge in [-0.2, -0.15) is 0 Å². The molecule has 7 atom stereocenters. The van der Waals surface area contributed by atoms with Crippen LogP contribution in [0.4, 0.5) is 5.69 Å². The summed E-state index contributed by atoms with van der Waals surface area (Å²) in [5, 5.41) is 15.4. The molecule has 8 nitrogen and oxygen atoms in total. The van der Waals surface area contributed by atoms with E-state index in [9.17, 15) is 19.5 Å². The van der Waals surface area contributed by atoms with E-state index in [4.69, 9.17) is 9.47 Å². The Morgan fingerprint density at radius 1 is 1.22 bits per heavy atom. The third-order valence-electron chi connectivity index (χ3n) is 8.41. The Balaban J connectivity index is 1.54. The number of carbonyl (C=O) groups excluding carboxylic acids is 3. The van der Waals surface area contributed by atoms with Crippen LogP contribution in [0, 0.1) is 17.8 Å². The number of hydrogen-bond acceptors (Lipinski definition) is 6. The Morgan fingerprint density at radius 2 is 1.97 bits per heavy atom. The monoisotopic (exact) mass is 494 g/mol. The van der Waals surface area contributed by atoms with Gasteiger partial charge in [-0.05, 0) is 48.6 Å². The molecule has 0 unspecified atom stereocenters. The highest BCUT2D eigenvalue weighted by Crippen LogP contribution is 2.59. The molecule has 2 aromatic rings. The van der Waals surface area contributed by atoms with Gasteiger partial charge in [0.1, 0.15) is 11.6 Å². The van der Waals surface area contributed by atoms with Crippen LogP contribution in [0.15, 0.2) is 42.5 Å². The van der Waals surface area contributed by atoms with Crippen molar-refractivity contribution in [1.29, 1.82) is 0 Å². The van der Waals surface area contributed by atoms with Crippen LogP contribution in [0.3, 0.4) is 0 Å². The number of benzene rings is 2. The van der Waals surface area contributed by atoms with Crippen molar-refractivity contribution in [2.45, 2.75) is 63.8 Å². The first-order valence-electron chi connectivity index (χ1n) is 12.9. The summed E-state index contributed by atoms with van der Waals surface area (Å²) in [6.45, 7) is 5.60. The van der Waals surface area contributed by atoms with Gasteiger partial charge in [0.05, 0.1) is 37.2 Å². The second-order valence-corrected chi connectivity index (χ2v) is 10.2. The van der Waals surface area contributed by atoms with Gasteiger partial charge in [0.15, 0.2) is 0 Å². The Kier molecular flexibility index (Phi) is 6.51. The van der Waals surface area contributed by atoms with Crippen molar-refractivity contribution in [1.82, 2.24) is 4.90 Å². The van der Waals surface area contributed by atoms with E-state index in [-0.39, 0.29) is 30.9 Å². The Morgan fingerprint density at radius 3 is 2.67 bits per heavy atom. The van der Waals surface area contributed by atoms with Crippen LogP contribution in [-0.4, -0.2) is 64.8 Å². The van der Waals surface area contributed by atoms with Crippen LogP contribution < -0.4 is 5.32 Å². The van der Waals surface area contributed by atoms with Crippen LogP contribution in [-0.2, 0) is 23.9 Å². The first-order valence-corrected chi connectivity index (χ1v) is 12.9. The topological polar surface area (TPSA) is 105 Å². The fourth-order valence-corrected chi connectivity index (χ4v) is 6.55. The van der Waals surface area contributed by atoms with Gasteiger partial charge >= 0.3 is 5.97 Å². The van der Waals surface area contributed by atoms with Crippen molar-refractivity contribution >= 4 is 34.2 Å². The first-order chi connectivity index (χ1) is 17.4. The number of aliphatic hydroxyl groups excluding tert-OH is 1. The maximum absolute atomic E-state index is 14.0. The molecule has 3 aliphatic rings. The van der Waals surface area contributed by atoms with Gasteiger partial charge in [0.2, 0.25) is 11.8 Å². The molecule has 8 heteroatoms.